The third-order valence-electron chi connectivity index (χ3n) is 2.02. The quantitative estimate of drug-likeness (QED) is 0.939. The molecule has 2 aromatic rings. The fourth-order valence-corrected chi connectivity index (χ4v) is 2.58. The van der Waals surface area contributed by atoms with Crippen LogP contribution in [-0.2, 0) is 0 Å². The average Bonchev–Trinajstić information content (AvgIpc) is 2.32. The fraction of sp³-hybridized carbons (Fsp3) is 0. The van der Waals surface area contributed by atoms with E-state index in [-0.39, 0.29) is 5.56 Å². The normalized spacial score (nSPS) is 10.2. The lowest BCUT2D eigenvalue weighted by Gasteiger charge is -2.03. The van der Waals surface area contributed by atoms with Crippen molar-refractivity contribution >= 4 is 33.7 Å². The Balaban J connectivity index is 2.28. The predicted molar refractivity (Wildman–Crippen MR) is 69.5 cm³/mol. The number of hydrogen-bond donors (Lipinski definition) is 1. The summed E-state index contributed by atoms with van der Waals surface area (Å²) < 4.78 is 0.894. The van der Waals surface area contributed by atoms with E-state index in [1.165, 1.54) is 11.8 Å². The first-order valence-corrected chi connectivity index (χ1v) is 6.39. The smallest absolute Gasteiger partial charge is 0.335 e. The number of benzene rings is 1. The van der Waals surface area contributed by atoms with E-state index in [1.54, 1.807) is 24.4 Å². The van der Waals surface area contributed by atoms with Crippen LogP contribution in [0.25, 0.3) is 0 Å². The summed E-state index contributed by atoms with van der Waals surface area (Å²) in [6.45, 7) is 0. The Bertz CT molecular complexity index is 560. The highest BCUT2D eigenvalue weighted by Gasteiger charge is 2.06. The Kier molecular flexibility index (Phi) is 3.81. The molecule has 17 heavy (non-hydrogen) atoms. The maximum Gasteiger partial charge on any atom is 0.335 e. The molecule has 0 aliphatic carbocycles. The average molecular weight is 310 g/mol. The van der Waals surface area contributed by atoms with Crippen LogP contribution in [0.5, 0.6) is 0 Å². The summed E-state index contributed by atoms with van der Waals surface area (Å²) >= 11 is 4.83. The number of carboxylic acid groups (broad SMARTS) is 1. The summed E-state index contributed by atoms with van der Waals surface area (Å²) in [5.74, 6) is -0.924. The van der Waals surface area contributed by atoms with Gasteiger partial charge in [0.2, 0.25) is 0 Å². The summed E-state index contributed by atoms with van der Waals surface area (Å²) in [6, 6.07) is 10.5. The van der Waals surface area contributed by atoms with E-state index < -0.39 is 5.97 Å². The zero-order valence-electron chi connectivity index (χ0n) is 8.63. The highest BCUT2D eigenvalue weighted by molar-refractivity contribution is 9.10. The van der Waals surface area contributed by atoms with Gasteiger partial charge < -0.3 is 5.11 Å². The SMILES string of the molecule is O=C(O)c1cccc(Sc2ncccc2Br)c1. The van der Waals surface area contributed by atoms with Crippen molar-refractivity contribution in [2.45, 2.75) is 9.92 Å². The van der Waals surface area contributed by atoms with Gasteiger partial charge in [0.25, 0.3) is 0 Å². The van der Waals surface area contributed by atoms with E-state index in [0.717, 1.165) is 14.4 Å². The number of aromatic carboxylic acids is 1. The molecule has 0 bridgehead atoms. The molecule has 0 amide bonds. The van der Waals surface area contributed by atoms with Gasteiger partial charge in [-0.1, -0.05) is 17.8 Å². The van der Waals surface area contributed by atoms with Gasteiger partial charge in [0.15, 0.2) is 0 Å². The van der Waals surface area contributed by atoms with Crippen LogP contribution in [-0.4, -0.2) is 16.1 Å². The molecule has 0 aliphatic rings. The van der Waals surface area contributed by atoms with Crippen LogP contribution in [0.2, 0.25) is 0 Å². The maximum atomic E-state index is 10.8. The number of nitrogens with zero attached hydrogens (tertiary/aromatic N) is 1. The Morgan fingerprint density at radius 1 is 1.29 bits per heavy atom. The molecule has 0 saturated carbocycles. The Hall–Kier alpha value is -1.33. The Morgan fingerprint density at radius 2 is 2.12 bits per heavy atom. The molecule has 0 saturated heterocycles. The van der Waals surface area contributed by atoms with Gasteiger partial charge in [0.1, 0.15) is 5.03 Å². The maximum absolute atomic E-state index is 10.8. The molecule has 1 heterocycles. The Labute approximate surface area is 111 Å². The summed E-state index contributed by atoms with van der Waals surface area (Å²) in [7, 11) is 0. The number of rotatable bonds is 3. The summed E-state index contributed by atoms with van der Waals surface area (Å²) in [4.78, 5) is 15.9. The van der Waals surface area contributed by atoms with Gasteiger partial charge in [-0.2, -0.15) is 0 Å². The molecule has 0 atom stereocenters. The van der Waals surface area contributed by atoms with Gasteiger partial charge in [-0.3, -0.25) is 0 Å². The van der Waals surface area contributed by atoms with Crippen molar-refractivity contribution in [3.63, 3.8) is 0 Å². The van der Waals surface area contributed by atoms with E-state index in [4.69, 9.17) is 5.11 Å². The minimum absolute atomic E-state index is 0.280. The molecule has 1 N–H and O–H groups in total. The molecule has 0 spiro atoms. The van der Waals surface area contributed by atoms with E-state index in [2.05, 4.69) is 20.9 Å². The first kappa shape index (κ1) is 12.1. The molecule has 1 aromatic heterocycles. The molecule has 0 unspecified atom stereocenters. The van der Waals surface area contributed by atoms with Crippen LogP contribution in [0.4, 0.5) is 0 Å². The molecular weight excluding hydrogens is 302 g/mol. The van der Waals surface area contributed by atoms with Crippen molar-refractivity contribution in [2.24, 2.45) is 0 Å². The molecule has 0 aliphatic heterocycles. The monoisotopic (exact) mass is 309 g/mol. The molecule has 0 radical (unpaired) electrons. The van der Waals surface area contributed by atoms with Gasteiger partial charge in [-0.05, 0) is 46.3 Å². The van der Waals surface area contributed by atoms with Crippen molar-refractivity contribution in [3.8, 4) is 0 Å². The van der Waals surface area contributed by atoms with Gasteiger partial charge in [0.05, 0.1) is 10.0 Å². The molecule has 3 nitrogen and oxygen atoms in total. The summed E-state index contributed by atoms with van der Waals surface area (Å²) in [6.07, 6.45) is 1.70. The highest BCUT2D eigenvalue weighted by atomic mass is 79.9. The van der Waals surface area contributed by atoms with Crippen LogP contribution < -0.4 is 0 Å². The van der Waals surface area contributed by atoms with Crippen molar-refractivity contribution in [1.29, 1.82) is 0 Å². The van der Waals surface area contributed by atoms with Crippen LogP contribution in [0, 0.1) is 0 Å². The molecular formula is C12H8BrNO2S. The molecule has 1 aromatic carbocycles. The van der Waals surface area contributed by atoms with Gasteiger partial charge >= 0.3 is 5.97 Å². The van der Waals surface area contributed by atoms with Crippen LogP contribution in [0.3, 0.4) is 0 Å². The third-order valence-corrected chi connectivity index (χ3v) is 3.93. The lowest BCUT2D eigenvalue weighted by Crippen LogP contribution is -1.95. The van der Waals surface area contributed by atoms with E-state index in [1.807, 2.05) is 18.2 Å². The van der Waals surface area contributed by atoms with Crippen molar-refractivity contribution < 1.29 is 9.90 Å². The zero-order chi connectivity index (χ0) is 12.3. The molecule has 5 heteroatoms. The first-order chi connectivity index (χ1) is 8.16. The lowest BCUT2D eigenvalue weighted by molar-refractivity contribution is 0.0696. The summed E-state index contributed by atoms with van der Waals surface area (Å²) in [5.41, 5.74) is 0.280. The molecule has 86 valence electrons. The number of pyridine rings is 1. The number of halogens is 1. The van der Waals surface area contributed by atoms with Crippen LogP contribution in [0.1, 0.15) is 10.4 Å². The van der Waals surface area contributed by atoms with Crippen molar-refractivity contribution in [1.82, 2.24) is 4.98 Å². The van der Waals surface area contributed by atoms with Gasteiger partial charge in [-0.25, -0.2) is 9.78 Å². The lowest BCUT2D eigenvalue weighted by atomic mass is 10.2. The minimum Gasteiger partial charge on any atom is -0.478 e. The van der Waals surface area contributed by atoms with Crippen molar-refractivity contribution in [3.05, 3.63) is 52.6 Å². The predicted octanol–water partition coefficient (Wildman–Crippen LogP) is 3.69. The first-order valence-electron chi connectivity index (χ1n) is 4.78. The fourth-order valence-electron chi connectivity index (χ4n) is 1.25. The van der Waals surface area contributed by atoms with Crippen LogP contribution in [0.15, 0.2) is 57.0 Å². The standard InChI is InChI=1S/C12H8BrNO2S/c13-10-5-2-6-14-11(10)17-9-4-1-3-8(7-9)12(15)16/h1-7H,(H,15,16). The number of hydrogen-bond acceptors (Lipinski definition) is 3. The second-order valence-electron chi connectivity index (χ2n) is 3.23. The largest absolute Gasteiger partial charge is 0.478 e. The molecule has 0 fully saturated rings. The van der Waals surface area contributed by atoms with E-state index >= 15 is 0 Å². The van der Waals surface area contributed by atoms with E-state index in [9.17, 15) is 4.79 Å². The van der Waals surface area contributed by atoms with Crippen LogP contribution >= 0.6 is 27.7 Å². The zero-order valence-corrected chi connectivity index (χ0v) is 11.0. The second kappa shape index (κ2) is 5.33. The molecule has 2 rings (SSSR count). The highest BCUT2D eigenvalue weighted by Crippen LogP contribution is 2.31. The van der Waals surface area contributed by atoms with Gasteiger partial charge in [0, 0.05) is 11.1 Å². The number of carboxylic acids is 1. The van der Waals surface area contributed by atoms with Crippen molar-refractivity contribution in [2.75, 3.05) is 0 Å². The third kappa shape index (κ3) is 3.08. The second-order valence-corrected chi connectivity index (χ2v) is 5.14. The minimum atomic E-state index is -0.924. The van der Waals surface area contributed by atoms with E-state index in [0.29, 0.717) is 0 Å². The van der Waals surface area contributed by atoms with Gasteiger partial charge in [-0.15, -0.1) is 0 Å². The topological polar surface area (TPSA) is 50.2 Å². The summed E-state index contributed by atoms with van der Waals surface area (Å²) in [5, 5.41) is 9.71. The number of aromatic nitrogens is 1. The Morgan fingerprint density at radius 3 is 2.82 bits per heavy atom. The number of carbonyl (C=O) groups is 1.